The number of nitrogens with one attached hydrogen (secondary N) is 1. The van der Waals surface area contributed by atoms with Gasteiger partial charge in [0, 0.05) is 38.0 Å². The number of ether oxygens (including phenoxy) is 2. The molecular formula is C22H27F2N3O4S. The van der Waals surface area contributed by atoms with Crippen LogP contribution in [-0.4, -0.2) is 58.1 Å². The number of anilines is 1. The molecular weight excluding hydrogens is 440 g/mol. The number of alkyl halides is 2. The second kappa shape index (κ2) is 8.92. The van der Waals surface area contributed by atoms with Gasteiger partial charge in [-0.2, -0.15) is 0 Å². The van der Waals surface area contributed by atoms with Gasteiger partial charge < -0.3 is 14.4 Å². The molecule has 0 saturated carbocycles. The number of nitrogens with zero attached hydrogens (tertiary/aromatic N) is 2. The Morgan fingerprint density at radius 2 is 1.94 bits per heavy atom. The molecule has 10 heteroatoms. The average molecular weight is 468 g/mol. The maximum Gasteiger partial charge on any atom is 0.262 e. The molecule has 7 nitrogen and oxygen atoms in total. The fraction of sp³-hybridized carbons (Fsp3) is 0.500. The zero-order chi connectivity index (χ0) is 22.9. The summed E-state index contributed by atoms with van der Waals surface area (Å²) in [5.74, 6) is -2.56. The van der Waals surface area contributed by atoms with Gasteiger partial charge in [-0.25, -0.2) is 22.2 Å². The maximum atomic E-state index is 13.7. The van der Waals surface area contributed by atoms with Gasteiger partial charge in [0.15, 0.2) is 0 Å². The van der Waals surface area contributed by atoms with Crippen molar-refractivity contribution in [3.05, 3.63) is 47.2 Å². The number of sulfonamides is 1. The first-order chi connectivity index (χ1) is 15.2. The van der Waals surface area contributed by atoms with Crippen LogP contribution in [0.4, 0.5) is 14.5 Å². The second-order valence-corrected chi connectivity index (χ2v) is 9.98. The van der Waals surface area contributed by atoms with Crippen molar-refractivity contribution in [2.75, 3.05) is 38.6 Å². The van der Waals surface area contributed by atoms with Gasteiger partial charge >= 0.3 is 0 Å². The molecule has 3 heterocycles. The van der Waals surface area contributed by atoms with Crippen molar-refractivity contribution in [2.45, 2.75) is 42.6 Å². The van der Waals surface area contributed by atoms with Crippen LogP contribution < -0.4 is 9.46 Å². The Morgan fingerprint density at radius 1 is 1.22 bits per heavy atom. The molecule has 0 aliphatic carbocycles. The van der Waals surface area contributed by atoms with Crippen LogP contribution in [0.3, 0.4) is 0 Å². The molecule has 1 N–H and O–H groups in total. The standard InChI is InChI=1S/C22H27F2N3O4S/c1-27-10-7-16-13-19(21(30-2)25-18(16)8-11-27)26-32(28,29)17-5-3-15(4-6-17)20-14-22(23,24)9-12-31-20/h3-6,13,20,26H,7-12,14H2,1-2H3/t20-/m1/s1. The molecule has 0 unspecified atom stereocenters. The first kappa shape index (κ1) is 22.9. The highest BCUT2D eigenvalue weighted by atomic mass is 32.2. The van der Waals surface area contributed by atoms with Gasteiger partial charge in [0.25, 0.3) is 15.9 Å². The summed E-state index contributed by atoms with van der Waals surface area (Å²) in [6.07, 6.45) is 0.0599. The topological polar surface area (TPSA) is 80.8 Å². The minimum absolute atomic E-state index is 0.0144. The third-order valence-electron chi connectivity index (χ3n) is 5.92. The quantitative estimate of drug-likeness (QED) is 0.726. The van der Waals surface area contributed by atoms with Crippen molar-refractivity contribution < 1.29 is 26.7 Å². The van der Waals surface area contributed by atoms with Gasteiger partial charge in [-0.3, -0.25) is 4.72 Å². The zero-order valence-electron chi connectivity index (χ0n) is 18.1. The lowest BCUT2D eigenvalue weighted by atomic mass is 9.99. The zero-order valence-corrected chi connectivity index (χ0v) is 18.9. The number of likely N-dealkylation sites (N-methyl/N-ethyl adjacent to an activating group) is 1. The average Bonchev–Trinajstić information content (AvgIpc) is 2.93. The molecule has 0 spiro atoms. The van der Waals surface area contributed by atoms with Crippen LogP contribution in [0.1, 0.15) is 35.8 Å². The van der Waals surface area contributed by atoms with E-state index in [1.165, 1.54) is 31.4 Å². The number of methoxy groups -OCH3 is 1. The van der Waals surface area contributed by atoms with E-state index in [0.717, 1.165) is 37.2 Å². The molecule has 1 aromatic carbocycles. The molecule has 0 bridgehead atoms. The summed E-state index contributed by atoms with van der Waals surface area (Å²) in [5.41, 5.74) is 2.69. The lowest BCUT2D eigenvalue weighted by Crippen LogP contribution is -2.29. The number of hydrogen-bond donors (Lipinski definition) is 1. The Bertz CT molecular complexity index is 1080. The summed E-state index contributed by atoms with van der Waals surface area (Å²) < 4.78 is 66.7. The van der Waals surface area contributed by atoms with Crippen LogP contribution >= 0.6 is 0 Å². The van der Waals surface area contributed by atoms with Crippen molar-refractivity contribution in [1.82, 2.24) is 9.88 Å². The molecule has 1 fully saturated rings. The SMILES string of the molecule is COc1nc2c(cc1NS(=O)(=O)c1ccc([C@H]3CC(F)(F)CCO3)cc1)CCN(C)CC2. The molecule has 2 aliphatic heterocycles. The first-order valence-electron chi connectivity index (χ1n) is 10.5. The van der Waals surface area contributed by atoms with E-state index < -0.39 is 28.5 Å². The van der Waals surface area contributed by atoms with Crippen molar-refractivity contribution in [1.29, 1.82) is 0 Å². The van der Waals surface area contributed by atoms with Gasteiger partial charge in [-0.1, -0.05) is 12.1 Å². The lowest BCUT2D eigenvalue weighted by molar-refractivity contribution is -0.129. The second-order valence-electron chi connectivity index (χ2n) is 8.30. The Balaban J connectivity index is 1.55. The van der Waals surface area contributed by atoms with Crippen LogP contribution in [0, 0.1) is 0 Å². The van der Waals surface area contributed by atoms with Gasteiger partial charge in [0.1, 0.15) is 5.69 Å². The van der Waals surface area contributed by atoms with E-state index in [1.54, 1.807) is 6.07 Å². The molecule has 0 amide bonds. The van der Waals surface area contributed by atoms with Gasteiger partial charge in [0.2, 0.25) is 5.88 Å². The third-order valence-corrected chi connectivity index (χ3v) is 7.30. The predicted octanol–water partition coefficient (Wildman–Crippen LogP) is 3.41. The molecule has 2 aromatic rings. The highest BCUT2D eigenvalue weighted by molar-refractivity contribution is 7.92. The van der Waals surface area contributed by atoms with Crippen molar-refractivity contribution in [3.63, 3.8) is 0 Å². The van der Waals surface area contributed by atoms with Gasteiger partial charge in [0.05, 0.1) is 24.7 Å². The largest absolute Gasteiger partial charge is 0.479 e. The summed E-state index contributed by atoms with van der Waals surface area (Å²) in [6.45, 7) is 1.70. The Kier molecular flexibility index (Phi) is 6.37. The van der Waals surface area contributed by atoms with Crippen molar-refractivity contribution in [3.8, 4) is 5.88 Å². The fourth-order valence-electron chi connectivity index (χ4n) is 4.02. The number of rotatable bonds is 5. The number of benzene rings is 1. The smallest absolute Gasteiger partial charge is 0.262 e. The highest BCUT2D eigenvalue weighted by Gasteiger charge is 2.37. The summed E-state index contributed by atoms with van der Waals surface area (Å²) in [7, 11) is -0.446. The number of fused-ring (bicyclic) bond motifs is 1. The minimum atomic E-state index is -3.93. The van der Waals surface area contributed by atoms with Crippen LogP contribution in [0.5, 0.6) is 5.88 Å². The summed E-state index contributed by atoms with van der Waals surface area (Å²) in [6, 6.07) is 7.61. The van der Waals surface area contributed by atoms with E-state index in [1.807, 2.05) is 7.05 Å². The van der Waals surface area contributed by atoms with Gasteiger partial charge in [-0.05, 0) is 42.8 Å². The van der Waals surface area contributed by atoms with Crippen molar-refractivity contribution >= 4 is 15.7 Å². The first-order valence-corrected chi connectivity index (χ1v) is 12.0. The van der Waals surface area contributed by atoms with E-state index in [-0.39, 0.29) is 29.5 Å². The van der Waals surface area contributed by atoms with Crippen molar-refractivity contribution in [2.24, 2.45) is 0 Å². The maximum absolute atomic E-state index is 13.7. The van der Waals surface area contributed by atoms with E-state index in [0.29, 0.717) is 5.56 Å². The van der Waals surface area contributed by atoms with E-state index in [9.17, 15) is 17.2 Å². The molecule has 2 aliphatic rings. The molecule has 174 valence electrons. The Hall–Kier alpha value is -2.30. The van der Waals surface area contributed by atoms with Crippen LogP contribution in [0.2, 0.25) is 0 Å². The number of halogens is 2. The summed E-state index contributed by atoms with van der Waals surface area (Å²) in [5, 5.41) is 0. The van der Waals surface area contributed by atoms with E-state index in [4.69, 9.17) is 9.47 Å². The van der Waals surface area contributed by atoms with Gasteiger partial charge in [-0.15, -0.1) is 0 Å². The molecule has 0 radical (unpaired) electrons. The molecule has 1 atom stereocenters. The number of hydrogen-bond acceptors (Lipinski definition) is 6. The van der Waals surface area contributed by atoms with E-state index in [2.05, 4.69) is 14.6 Å². The van der Waals surface area contributed by atoms with E-state index >= 15 is 0 Å². The molecule has 1 aromatic heterocycles. The minimum Gasteiger partial charge on any atom is -0.479 e. The summed E-state index contributed by atoms with van der Waals surface area (Å²) in [4.78, 5) is 6.74. The van der Waals surface area contributed by atoms with Crippen LogP contribution in [0.15, 0.2) is 35.2 Å². The third kappa shape index (κ3) is 5.02. The normalized spacial score (nSPS) is 21.4. The fourth-order valence-corrected chi connectivity index (χ4v) is 5.07. The molecule has 4 rings (SSSR count). The monoisotopic (exact) mass is 467 g/mol. The Labute approximate surface area is 186 Å². The highest BCUT2D eigenvalue weighted by Crippen LogP contribution is 2.38. The van der Waals surface area contributed by atoms with Crippen LogP contribution in [0.25, 0.3) is 0 Å². The molecule has 32 heavy (non-hydrogen) atoms. The number of pyridine rings is 1. The molecule has 1 saturated heterocycles. The number of aromatic nitrogens is 1. The predicted molar refractivity (Wildman–Crippen MR) is 116 cm³/mol. The Morgan fingerprint density at radius 3 is 2.62 bits per heavy atom. The van der Waals surface area contributed by atoms with Crippen LogP contribution in [-0.2, 0) is 27.6 Å². The summed E-state index contributed by atoms with van der Waals surface area (Å²) >= 11 is 0. The lowest BCUT2D eigenvalue weighted by Gasteiger charge is -2.29.